The van der Waals surface area contributed by atoms with Gasteiger partial charge in [0.2, 0.25) is 0 Å². The van der Waals surface area contributed by atoms with Crippen LogP contribution in [-0.4, -0.2) is 63.6 Å². The highest BCUT2D eigenvalue weighted by atomic mass is 16.5. The molecule has 7 heteroatoms. The average molecular weight is 389 g/mol. The van der Waals surface area contributed by atoms with Crippen LogP contribution in [0.25, 0.3) is 0 Å². The molecule has 0 fully saturated rings. The number of nitrogens with zero attached hydrogens (tertiary/aromatic N) is 1. The third kappa shape index (κ3) is 6.14. The lowest BCUT2D eigenvalue weighted by molar-refractivity contribution is 0.0600. The van der Waals surface area contributed by atoms with Gasteiger partial charge in [-0.05, 0) is 49.0 Å². The first-order valence-corrected chi connectivity index (χ1v) is 8.85. The molecule has 1 unspecified atom stereocenters. The van der Waals surface area contributed by atoms with Gasteiger partial charge in [-0.2, -0.15) is 0 Å². The standard InChI is InChI=1S/C21H27NO6/c1-22(12-15-5-10-19(25-2)20(11-15)26-3)13-17(23)14-28-18-8-6-16(7-9-18)21(24)27-4/h5-11,17,23H,12-14H2,1-4H3. The van der Waals surface area contributed by atoms with Crippen LogP contribution in [0, 0.1) is 0 Å². The number of aliphatic hydroxyl groups is 1. The van der Waals surface area contributed by atoms with Crippen molar-refractivity contribution in [3.05, 3.63) is 53.6 Å². The molecule has 0 saturated heterocycles. The maximum Gasteiger partial charge on any atom is 0.337 e. The van der Waals surface area contributed by atoms with Gasteiger partial charge in [0, 0.05) is 13.1 Å². The van der Waals surface area contributed by atoms with E-state index in [2.05, 4.69) is 4.74 Å². The molecule has 152 valence electrons. The van der Waals surface area contributed by atoms with E-state index in [0.29, 0.717) is 35.9 Å². The minimum Gasteiger partial charge on any atom is -0.493 e. The number of hydrogen-bond acceptors (Lipinski definition) is 7. The summed E-state index contributed by atoms with van der Waals surface area (Å²) >= 11 is 0. The number of carbonyl (C=O) groups excluding carboxylic acids is 1. The zero-order valence-corrected chi connectivity index (χ0v) is 16.7. The van der Waals surface area contributed by atoms with E-state index in [4.69, 9.17) is 14.2 Å². The Kier molecular flexibility index (Phi) is 8.10. The number of rotatable bonds is 10. The van der Waals surface area contributed by atoms with Crippen molar-refractivity contribution in [1.29, 1.82) is 0 Å². The largest absolute Gasteiger partial charge is 0.493 e. The van der Waals surface area contributed by atoms with E-state index < -0.39 is 12.1 Å². The maximum absolute atomic E-state index is 11.4. The van der Waals surface area contributed by atoms with Gasteiger partial charge in [0.25, 0.3) is 0 Å². The van der Waals surface area contributed by atoms with Crippen molar-refractivity contribution in [3.8, 4) is 17.2 Å². The highest BCUT2D eigenvalue weighted by Gasteiger charge is 2.12. The van der Waals surface area contributed by atoms with Crippen LogP contribution in [0.4, 0.5) is 0 Å². The Bertz CT molecular complexity index is 762. The van der Waals surface area contributed by atoms with Crippen LogP contribution in [0.3, 0.4) is 0 Å². The van der Waals surface area contributed by atoms with Crippen molar-refractivity contribution in [2.45, 2.75) is 12.6 Å². The predicted molar refractivity (Wildman–Crippen MR) is 105 cm³/mol. The van der Waals surface area contributed by atoms with Crippen molar-refractivity contribution >= 4 is 5.97 Å². The average Bonchev–Trinajstić information content (AvgIpc) is 2.71. The first-order valence-electron chi connectivity index (χ1n) is 8.85. The lowest BCUT2D eigenvalue weighted by atomic mass is 10.2. The normalized spacial score (nSPS) is 11.8. The van der Waals surface area contributed by atoms with Gasteiger partial charge in [-0.25, -0.2) is 4.79 Å². The first-order chi connectivity index (χ1) is 13.5. The number of hydrogen-bond donors (Lipinski definition) is 1. The summed E-state index contributed by atoms with van der Waals surface area (Å²) in [5, 5.41) is 10.2. The summed E-state index contributed by atoms with van der Waals surface area (Å²) in [5.74, 6) is 1.53. The topological polar surface area (TPSA) is 77.5 Å². The van der Waals surface area contributed by atoms with Crippen molar-refractivity contribution in [2.75, 3.05) is 41.5 Å². The summed E-state index contributed by atoms with van der Waals surface area (Å²) in [6.07, 6.45) is -0.662. The highest BCUT2D eigenvalue weighted by molar-refractivity contribution is 5.89. The van der Waals surface area contributed by atoms with Crippen LogP contribution in [0.5, 0.6) is 17.2 Å². The third-order valence-electron chi connectivity index (χ3n) is 4.14. The quantitative estimate of drug-likeness (QED) is 0.625. The lowest BCUT2D eigenvalue weighted by Crippen LogP contribution is -2.32. The van der Waals surface area contributed by atoms with Gasteiger partial charge in [0.1, 0.15) is 18.5 Å². The highest BCUT2D eigenvalue weighted by Crippen LogP contribution is 2.27. The Morgan fingerprint density at radius 3 is 2.32 bits per heavy atom. The zero-order chi connectivity index (χ0) is 20.5. The van der Waals surface area contributed by atoms with Crippen LogP contribution in [-0.2, 0) is 11.3 Å². The molecule has 0 bridgehead atoms. The predicted octanol–water partition coefficient (Wildman–Crippen LogP) is 2.36. The number of carbonyl (C=O) groups is 1. The SMILES string of the molecule is COC(=O)c1ccc(OCC(O)CN(C)Cc2ccc(OC)c(OC)c2)cc1. The van der Waals surface area contributed by atoms with E-state index in [1.807, 2.05) is 30.1 Å². The molecule has 0 aromatic heterocycles. The Balaban J connectivity index is 1.82. The summed E-state index contributed by atoms with van der Waals surface area (Å²) in [5.41, 5.74) is 1.50. The zero-order valence-electron chi connectivity index (χ0n) is 16.7. The molecular weight excluding hydrogens is 362 g/mol. The number of ether oxygens (including phenoxy) is 4. The third-order valence-corrected chi connectivity index (χ3v) is 4.14. The van der Waals surface area contributed by atoms with E-state index in [9.17, 15) is 9.90 Å². The van der Waals surface area contributed by atoms with E-state index in [0.717, 1.165) is 5.56 Å². The van der Waals surface area contributed by atoms with Crippen molar-refractivity contribution < 1.29 is 28.8 Å². The molecular formula is C21H27NO6. The molecule has 0 heterocycles. The molecule has 0 aliphatic carbocycles. The molecule has 2 aromatic rings. The molecule has 1 atom stereocenters. The van der Waals surface area contributed by atoms with Gasteiger partial charge in [-0.1, -0.05) is 6.07 Å². The molecule has 1 N–H and O–H groups in total. The second-order valence-corrected chi connectivity index (χ2v) is 6.37. The number of aliphatic hydroxyl groups excluding tert-OH is 1. The summed E-state index contributed by atoms with van der Waals surface area (Å²) in [6.45, 7) is 1.23. The fourth-order valence-corrected chi connectivity index (χ4v) is 2.77. The summed E-state index contributed by atoms with van der Waals surface area (Å²) < 4.78 is 20.8. The summed E-state index contributed by atoms with van der Waals surface area (Å²) in [6, 6.07) is 12.3. The van der Waals surface area contributed by atoms with Gasteiger partial charge in [0.15, 0.2) is 11.5 Å². The minimum atomic E-state index is -0.662. The van der Waals surface area contributed by atoms with Crippen molar-refractivity contribution in [1.82, 2.24) is 4.90 Å². The summed E-state index contributed by atoms with van der Waals surface area (Å²) in [4.78, 5) is 13.4. The fourth-order valence-electron chi connectivity index (χ4n) is 2.77. The van der Waals surface area contributed by atoms with Gasteiger partial charge in [-0.3, -0.25) is 4.90 Å². The number of benzene rings is 2. The first kappa shape index (κ1) is 21.5. The molecule has 28 heavy (non-hydrogen) atoms. The monoisotopic (exact) mass is 389 g/mol. The maximum atomic E-state index is 11.4. The van der Waals surface area contributed by atoms with E-state index in [-0.39, 0.29) is 6.61 Å². The molecule has 2 rings (SSSR count). The van der Waals surface area contributed by atoms with Crippen molar-refractivity contribution in [2.24, 2.45) is 0 Å². The minimum absolute atomic E-state index is 0.147. The van der Waals surface area contributed by atoms with Gasteiger partial charge >= 0.3 is 5.97 Å². The van der Waals surface area contributed by atoms with E-state index in [1.165, 1.54) is 7.11 Å². The second-order valence-electron chi connectivity index (χ2n) is 6.37. The molecule has 0 amide bonds. The molecule has 0 radical (unpaired) electrons. The van der Waals surface area contributed by atoms with Crippen LogP contribution in [0.15, 0.2) is 42.5 Å². The smallest absolute Gasteiger partial charge is 0.337 e. The van der Waals surface area contributed by atoms with E-state index in [1.54, 1.807) is 38.5 Å². The van der Waals surface area contributed by atoms with E-state index >= 15 is 0 Å². The molecule has 0 aliphatic heterocycles. The van der Waals surface area contributed by atoms with Crippen molar-refractivity contribution in [3.63, 3.8) is 0 Å². The molecule has 0 spiro atoms. The van der Waals surface area contributed by atoms with Gasteiger partial charge in [0.05, 0.1) is 26.9 Å². The van der Waals surface area contributed by atoms with Gasteiger partial charge < -0.3 is 24.1 Å². The molecule has 2 aromatic carbocycles. The van der Waals surface area contributed by atoms with Crippen LogP contribution < -0.4 is 14.2 Å². The van der Waals surface area contributed by atoms with Crippen LogP contribution in [0.2, 0.25) is 0 Å². The lowest BCUT2D eigenvalue weighted by Gasteiger charge is -2.21. The number of methoxy groups -OCH3 is 3. The Hall–Kier alpha value is -2.77. The Morgan fingerprint density at radius 2 is 1.71 bits per heavy atom. The van der Waals surface area contributed by atoms with Crippen LogP contribution >= 0.6 is 0 Å². The Morgan fingerprint density at radius 1 is 1.04 bits per heavy atom. The molecule has 7 nitrogen and oxygen atoms in total. The van der Waals surface area contributed by atoms with Crippen LogP contribution in [0.1, 0.15) is 15.9 Å². The molecule has 0 saturated carbocycles. The summed E-state index contributed by atoms with van der Waals surface area (Å²) in [7, 11) is 6.46. The molecule has 0 aliphatic rings. The Labute approximate surface area is 165 Å². The van der Waals surface area contributed by atoms with Gasteiger partial charge in [-0.15, -0.1) is 0 Å². The second kappa shape index (κ2) is 10.5. The number of esters is 1. The number of likely N-dealkylation sites (N-methyl/N-ethyl adjacent to an activating group) is 1. The fraction of sp³-hybridized carbons (Fsp3) is 0.381.